The molecule has 2 aromatic carbocycles. The molecule has 0 radical (unpaired) electrons. The van der Waals surface area contributed by atoms with Gasteiger partial charge in [0.1, 0.15) is 28.9 Å². The number of aromatic hydroxyl groups is 1. The number of anilines is 1. The summed E-state index contributed by atoms with van der Waals surface area (Å²) >= 11 is 0. The summed E-state index contributed by atoms with van der Waals surface area (Å²) in [5, 5.41) is 55.5. The number of hydrogen-bond acceptors (Lipinski definition) is 15. The molecule has 5 aliphatic rings. The van der Waals surface area contributed by atoms with Gasteiger partial charge < -0.3 is 64.5 Å². The molecule has 7 rings (SSSR count). The number of nitrogens with two attached hydrogens (primary N) is 1. The van der Waals surface area contributed by atoms with E-state index in [1.165, 1.54) is 18.2 Å². The first-order chi connectivity index (χ1) is 33.0. The van der Waals surface area contributed by atoms with E-state index in [0.717, 1.165) is 6.42 Å². The van der Waals surface area contributed by atoms with Crippen molar-refractivity contribution in [3.8, 4) is 11.5 Å². The predicted octanol–water partition coefficient (Wildman–Crippen LogP) is 4.05. The Hall–Kier alpha value is -2.93. The molecule has 5 aliphatic heterocycles. The van der Waals surface area contributed by atoms with Gasteiger partial charge in [0, 0.05) is 53.7 Å². The Balaban J connectivity index is 0.000000437. The Morgan fingerprint density at radius 3 is 2.17 bits per heavy atom. The summed E-state index contributed by atoms with van der Waals surface area (Å²) in [7, 11) is 0. The summed E-state index contributed by atoms with van der Waals surface area (Å²) in [5.41, 5.74) is 4.31. The van der Waals surface area contributed by atoms with E-state index in [0.29, 0.717) is 69.2 Å². The molecule has 2 aromatic rings. The van der Waals surface area contributed by atoms with Crippen LogP contribution in [0.1, 0.15) is 144 Å². The fourth-order valence-electron chi connectivity index (χ4n) is 11.8. The Labute approximate surface area is 442 Å². The van der Waals surface area contributed by atoms with Crippen molar-refractivity contribution in [3.05, 3.63) is 66.2 Å². The molecule has 0 aromatic heterocycles. The Morgan fingerprint density at radius 2 is 1.56 bits per heavy atom. The van der Waals surface area contributed by atoms with Crippen molar-refractivity contribution in [1.82, 2.24) is 0 Å². The number of ether oxygens (including phenoxy) is 6. The van der Waals surface area contributed by atoms with Crippen LogP contribution in [0.15, 0.2) is 60.7 Å². The average Bonchev–Trinajstić information content (AvgIpc) is 3.67. The first kappa shape index (κ1) is 59.0. The summed E-state index contributed by atoms with van der Waals surface area (Å²) in [6, 6.07) is 12.9. The number of carbonyl (C=O) groups excluding carboxylic acids is 3. The zero-order valence-corrected chi connectivity index (χ0v) is 45.9. The molecule has 2 spiro atoms. The van der Waals surface area contributed by atoms with Crippen LogP contribution in [-0.4, -0.2) is 104 Å². The second-order valence-electron chi connectivity index (χ2n) is 21.4. The molecule has 4 fully saturated rings. The molecular formula is C55H80NNaO14. The van der Waals surface area contributed by atoms with E-state index in [-0.39, 0.29) is 76.6 Å². The van der Waals surface area contributed by atoms with Gasteiger partial charge in [-0.25, -0.2) is 4.79 Å². The largest absolute Gasteiger partial charge is 1.00 e. The number of benzene rings is 2. The third-order valence-corrected chi connectivity index (χ3v) is 16.6. The molecule has 0 bridgehead atoms. The molecule has 18 atom stereocenters. The molecule has 4 saturated heterocycles. The van der Waals surface area contributed by atoms with E-state index in [1.54, 1.807) is 43.3 Å². The van der Waals surface area contributed by atoms with Gasteiger partial charge >= 0.3 is 35.5 Å². The predicted molar refractivity (Wildman–Crippen MR) is 260 cm³/mol. The number of carboxylic acids is 1. The standard InChI is InChI=1S/C42H70O11.C13H11NO3.Na/c1-11-29(38(46)47)31-15-14-23(4)36(50-31)27(8)34(44)26(7)35(45)30(12-2)37-24(5)22-25(6)41(51-37)19-16-32(43)42(53-41)21-20-39(10,52-42)33-17-18-40(48,13-3)28(9)49-33;14-9-6-7-11(12(15)8-9)13(16)17-10-4-2-1-3-5-10;/h16,19,23-34,36-37,43-44,48H,11-15,17-18,20-22H2,1-10H3,(H,46,47);1-8,15H,14H2;/q;;+1/p-1. The van der Waals surface area contributed by atoms with Crippen LogP contribution in [0.2, 0.25) is 0 Å². The van der Waals surface area contributed by atoms with E-state index < -0.39 is 88.9 Å². The molecule has 71 heavy (non-hydrogen) atoms. The summed E-state index contributed by atoms with van der Waals surface area (Å²) in [5.74, 6) is -6.62. The number of aliphatic hydroxyl groups is 3. The van der Waals surface area contributed by atoms with Crippen LogP contribution >= 0.6 is 0 Å². The van der Waals surface area contributed by atoms with E-state index in [9.17, 15) is 39.9 Å². The Morgan fingerprint density at radius 1 is 0.887 bits per heavy atom. The van der Waals surface area contributed by atoms with Gasteiger partial charge in [-0.3, -0.25) is 4.79 Å². The second-order valence-corrected chi connectivity index (χ2v) is 21.4. The number of hydrogen-bond donors (Lipinski definition) is 5. The molecule has 15 nitrogen and oxygen atoms in total. The molecule has 6 N–H and O–H groups in total. The number of carboxylic acid groups (broad SMARTS) is 1. The first-order valence-corrected chi connectivity index (χ1v) is 25.7. The smallest absolute Gasteiger partial charge is 0.550 e. The third kappa shape index (κ3) is 12.6. The topological polar surface area (TPSA) is 237 Å². The summed E-state index contributed by atoms with van der Waals surface area (Å²) in [4.78, 5) is 38.0. The molecule has 18 unspecified atom stereocenters. The molecule has 16 heteroatoms. The van der Waals surface area contributed by atoms with Crippen molar-refractivity contribution in [3.63, 3.8) is 0 Å². The molecule has 5 heterocycles. The van der Waals surface area contributed by atoms with Crippen LogP contribution in [0.3, 0.4) is 0 Å². The maximum Gasteiger partial charge on any atom is 1.00 e. The third-order valence-electron chi connectivity index (χ3n) is 16.6. The minimum atomic E-state index is -1.37. The molecular weight excluding hydrogens is 922 g/mol. The number of carbonyl (C=O) groups is 3. The van der Waals surface area contributed by atoms with Crippen molar-refractivity contribution in [2.45, 2.75) is 199 Å². The zero-order valence-electron chi connectivity index (χ0n) is 43.9. The number of esters is 1. The number of para-hydroxylation sites is 1. The zero-order chi connectivity index (χ0) is 51.5. The second kappa shape index (κ2) is 24.2. The molecule has 390 valence electrons. The number of aliphatic hydroxyl groups excluding tert-OH is 2. The number of ketones is 1. The van der Waals surface area contributed by atoms with Gasteiger partial charge in [0.2, 0.25) is 5.79 Å². The van der Waals surface area contributed by atoms with Crippen LogP contribution in [0, 0.1) is 41.4 Å². The van der Waals surface area contributed by atoms with Crippen molar-refractivity contribution in [1.29, 1.82) is 0 Å². The van der Waals surface area contributed by atoms with Gasteiger partial charge in [0.05, 0.1) is 47.8 Å². The van der Waals surface area contributed by atoms with Crippen molar-refractivity contribution < 1.29 is 97.9 Å². The number of phenols is 1. The monoisotopic (exact) mass is 1000 g/mol. The summed E-state index contributed by atoms with van der Waals surface area (Å²) in [6.45, 7) is 19.5. The maximum absolute atomic E-state index is 14.4. The van der Waals surface area contributed by atoms with Gasteiger partial charge in [-0.1, -0.05) is 73.6 Å². The quantitative estimate of drug-likeness (QED) is 0.0591. The van der Waals surface area contributed by atoms with Crippen LogP contribution in [0.25, 0.3) is 0 Å². The summed E-state index contributed by atoms with van der Waals surface area (Å²) < 4.78 is 38.5. The maximum atomic E-state index is 14.4. The van der Waals surface area contributed by atoms with Gasteiger partial charge in [-0.2, -0.15) is 0 Å². The molecule has 0 amide bonds. The first-order valence-electron chi connectivity index (χ1n) is 25.7. The normalized spacial score (nSPS) is 36.8. The van der Waals surface area contributed by atoms with E-state index in [1.807, 2.05) is 47.6 Å². The van der Waals surface area contributed by atoms with Crippen molar-refractivity contribution in [2.24, 2.45) is 41.4 Å². The number of aliphatic carboxylic acids is 1. The van der Waals surface area contributed by atoms with Gasteiger partial charge in [0.15, 0.2) is 5.79 Å². The van der Waals surface area contributed by atoms with Gasteiger partial charge in [0.25, 0.3) is 0 Å². The number of phenolic OH excluding ortho intramolecular Hbond substituents is 1. The fourth-order valence-corrected chi connectivity index (χ4v) is 11.8. The average molecular weight is 1000 g/mol. The van der Waals surface area contributed by atoms with Crippen molar-refractivity contribution >= 4 is 23.4 Å². The SMILES string of the molecule is CCC(C(=O)[O-])C1CCC(C)C(C(C)C(O)C(C)C(=O)C(CC)C2OC3(C=CC(O)C4(CCC(C)(C5CCC(O)(CC)C(C)O5)O4)O3)C(C)CC2C)O1.Nc1ccc(C(=O)Oc2ccccc2)c(O)c1.[Na+]. The molecule has 0 aliphatic carbocycles. The minimum Gasteiger partial charge on any atom is -0.550 e. The van der Waals surface area contributed by atoms with E-state index >= 15 is 0 Å². The van der Waals surface area contributed by atoms with E-state index in [4.69, 9.17) is 34.2 Å². The van der Waals surface area contributed by atoms with Gasteiger partial charge in [-0.05, 0) is 120 Å². The van der Waals surface area contributed by atoms with Crippen LogP contribution in [-0.2, 0) is 33.3 Å². The van der Waals surface area contributed by atoms with Crippen LogP contribution in [0.4, 0.5) is 5.69 Å². The van der Waals surface area contributed by atoms with Gasteiger partial charge in [-0.15, -0.1) is 0 Å². The number of Topliss-reactive ketones (excluding diaryl/α,β-unsaturated/α-hetero) is 1. The fraction of sp³-hybridized carbons (Fsp3) is 0.691. The van der Waals surface area contributed by atoms with Crippen LogP contribution in [0.5, 0.6) is 11.5 Å². The number of nitrogen functional groups attached to an aromatic ring is 1. The minimum absolute atomic E-state index is 0. The number of rotatable bonds is 14. The Kier molecular flexibility index (Phi) is 20.1. The van der Waals surface area contributed by atoms with E-state index in [2.05, 4.69) is 20.8 Å². The summed E-state index contributed by atoms with van der Waals surface area (Å²) in [6.07, 6.45) is 5.22. The van der Waals surface area contributed by atoms with Crippen LogP contribution < -0.4 is 45.1 Å². The molecule has 0 saturated carbocycles. The Bertz CT molecular complexity index is 2150. The van der Waals surface area contributed by atoms with Crippen molar-refractivity contribution in [2.75, 3.05) is 5.73 Å².